The molecule has 2 fully saturated rings. The smallest absolute Gasteiger partial charge is 0.371 e. The maximum Gasteiger partial charge on any atom is 0.430 e. The molecule has 0 aliphatic carbocycles. The van der Waals surface area contributed by atoms with Crippen LogP contribution in [0, 0.1) is 17.2 Å². The van der Waals surface area contributed by atoms with E-state index in [9.17, 15) is 32.3 Å². The summed E-state index contributed by atoms with van der Waals surface area (Å²) < 4.78 is 56.2. The van der Waals surface area contributed by atoms with Crippen molar-refractivity contribution in [3.8, 4) is 0 Å². The Kier molecular flexibility index (Phi) is 9.40. The third kappa shape index (κ3) is 6.65. The molecule has 0 radical (unpaired) electrons. The van der Waals surface area contributed by atoms with Crippen LogP contribution in [-0.4, -0.2) is 73.2 Å². The van der Waals surface area contributed by atoms with E-state index < -0.39 is 29.1 Å². The van der Waals surface area contributed by atoms with E-state index in [-0.39, 0.29) is 29.4 Å². The van der Waals surface area contributed by atoms with Gasteiger partial charge >= 0.3 is 6.18 Å². The van der Waals surface area contributed by atoms with Crippen molar-refractivity contribution in [2.24, 2.45) is 11.3 Å². The molecule has 2 amide bonds. The summed E-state index contributed by atoms with van der Waals surface area (Å²) in [7, 11) is 3.34. The number of carbonyl (C=O) groups is 2. The largest absolute Gasteiger partial charge is 0.430 e. The number of piperidine rings is 2. The van der Waals surface area contributed by atoms with E-state index in [0.29, 0.717) is 35.4 Å². The van der Waals surface area contributed by atoms with E-state index in [2.05, 4.69) is 11.8 Å². The van der Waals surface area contributed by atoms with Gasteiger partial charge in [0.05, 0.1) is 10.6 Å². The molecule has 0 spiro atoms. The summed E-state index contributed by atoms with van der Waals surface area (Å²) in [6.07, 6.45) is -1.71. The average molecular weight is 633 g/mol. The second-order valence-corrected chi connectivity index (χ2v) is 12.8. The van der Waals surface area contributed by atoms with Crippen LogP contribution in [-0.2, 0) is 10.4 Å². The van der Waals surface area contributed by atoms with Crippen molar-refractivity contribution in [1.29, 1.82) is 0 Å². The van der Waals surface area contributed by atoms with Gasteiger partial charge in [-0.2, -0.15) is 13.2 Å². The van der Waals surface area contributed by atoms with Gasteiger partial charge in [-0.1, -0.05) is 30.1 Å². The Bertz CT molecular complexity index is 1300. The molecule has 1 unspecified atom stereocenters. The van der Waals surface area contributed by atoms with Gasteiger partial charge in [-0.15, -0.1) is 0 Å². The Balaban J connectivity index is 1.36. The van der Waals surface area contributed by atoms with Gasteiger partial charge in [0.2, 0.25) is 0 Å². The van der Waals surface area contributed by atoms with Crippen molar-refractivity contribution in [3.63, 3.8) is 0 Å². The molecule has 1 N–H and O–H groups in total. The van der Waals surface area contributed by atoms with Gasteiger partial charge in [0.25, 0.3) is 17.4 Å². The van der Waals surface area contributed by atoms with Crippen LogP contribution in [0.3, 0.4) is 0 Å². The number of likely N-dealkylation sites (tertiary alicyclic amines) is 1. The van der Waals surface area contributed by atoms with E-state index in [1.165, 1.54) is 4.90 Å². The number of halogens is 6. The Morgan fingerprint density at radius 1 is 1.02 bits per heavy atom. The third-order valence-electron chi connectivity index (χ3n) is 8.61. The molecule has 6 nitrogen and oxygen atoms in total. The highest BCUT2D eigenvalue weighted by molar-refractivity contribution is 6.34. The number of hydrogen-bond donors (Lipinski definition) is 1. The fourth-order valence-corrected chi connectivity index (χ4v) is 6.54. The van der Waals surface area contributed by atoms with Gasteiger partial charge in [0, 0.05) is 56.5 Å². The SMILES string of the molecule is CN(C)C(=O)c1ccc(N2CCC(CC3(C)CCN(C(=O)C(O)(c4cc(F)cc(Cl)c4)C(F)(F)F)CC3)CC2)cc1Cl. The fraction of sp³-hybridized carbons (Fsp3) is 0.533. The van der Waals surface area contributed by atoms with Gasteiger partial charge in [0.15, 0.2) is 0 Å². The Labute approximate surface area is 253 Å². The minimum absolute atomic E-state index is 0.0478. The lowest BCUT2D eigenvalue weighted by Crippen LogP contribution is -2.57. The van der Waals surface area contributed by atoms with Gasteiger partial charge in [-0.05, 0) is 79.8 Å². The van der Waals surface area contributed by atoms with Crippen molar-refractivity contribution in [2.75, 3.05) is 45.2 Å². The predicted octanol–water partition coefficient (Wildman–Crippen LogP) is 6.52. The molecule has 4 rings (SSSR count). The van der Waals surface area contributed by atoms with Crippen molar-refractivity contribution >= 4 is 40.7 Å². The first kappa shape index (κ1) is 32.4. The number of hydrogen-bond acceptors (Lipinski definition) is 4. The number of carbonyl (C=O) groups excluding carboxylic acids is 2. The monoisotopic (exact) mass is 631 g/mol. The highest BCUT2D eigenvalue weighted by atomic mass is 35.5. The molecule has 1 atom stereocenters. The first-order valence-corrected chi connectivity index (χ1v) is 14.6. The number of anilines is 1. The zero-order chi connectivity index (χ0) is 31.0. The molecule has 0 saturated carbocycles. The van der Waals surface area contributed by atoms with E-state index >= 15 is 0 Å². The summed E-state index contributed by atoms with van der Waals surface area (Å²) in [5.74, 6) is -2.36. The molecule has 2 aliphatic heterocycles. The molecule has 2 heterocycles. The molecule has 0 bridgehead atoms. The molecule has 42 heavy (non-hydrogen) atoms. The number of amides is 2. The molecule has 2 aromatic carbocycles. The highest BCUT2D eigenvalue weighted by Gasteiger charge is 2.62. The second-order valence-electron chi connectivity index (χ2n) is 12.0. The molecule has 12 heteroatoms. The average Bonchev–Trinajstić information content (AvgIpc) is 2.91. The summed E-state index contributed by atoms with van der Waals surface area (Å²) >= 11 is 12.1. The molecule has 2 saturated heterocycles. The van der Waals surface area contributed by atoms with Gasteiger partial charge < -0.3 is 19.8 Å². The topological polar surface area (TPSA) is 64.1 Å². The van der Waals surface area contributed by atoms with E-state index in [1.54, 1.807) is 20.2 Å². The second kappa shape index (κ2) is 12.2. The lowest BCUT2D eigenvalue weighted by Gasteiger charge is -2.45. The van der Waals surface area contributed by atoms with E-state index in [1.807, 2.05) is 12.1 Å². The standard InChI is InChI=1S/C30H35Cl2F4N3O3/c1-28(18-19-6-10-38(11-7-19)23-4-5-24(25(32)17-23)26(40)37(2)3)8-12-39(13-9-28)27(41)29(42,30(34,35)36)20-14-21(31)16-22(33)15-20/h4-5,14-17,19,42H,6-13,18H2,1-3H3. The summed E-state index contributed by atoms with van der Waals surface area (Å²) in [4.78, 5) is 30.1. The number of alkyl halides is 3. The van der Waals surface area contributed by atoms with Crippen molar-refractivity contribution in [1.82, 2.24) is 9.80 Å². The van der Waals surface area contributed by atoms with Crippen LogP contribution in [0.4, 0.5) is 23.2 Å². The number of nitrogens with zero attached hydrogens (tertiary/aromatic N) is 3. The maximum atomic E-state index is 14.1. The molecule has 230 valence electrons. The van der Waals surface area contributed by atoms with Crippen LogP contribution in [0.15, 0.2) is 36.4 Å². The summed E-state index contributed by atoms with van der Waals surface area (Å²) in [6.45, 7) is 3.79. The summed E-state index contributed by atoms with van der Waals surface area (Å²) in [6, 6.07) is 7.52. The van der Waals surface area contributed by atoms with E-state index in [4.69, 9.17) is 23.2 Å². The van der Waals surface area contributed by atoms with Gasteiger partial charge in [-0.3, -0.25) is 9.59 Å². The zero-order valence-electron chi connectivity index (χ0n) is 23.8. The minimum atomic E-state index is -5.37. The predicted molar refractivity (Wildman–Crippen MR) is 154 cm³/mol. The summed E-state index contributed by atoms with van der Waals surface area (Å²) in [5, 5.41) is 10.8. The van der Waals surface area contributed by atoms with Crippen molar-refractivity contribution in [2.45, 2.75) is 50.8 Å². The van der Waals surface area contributed by atoms with Crippen LogP contribution >= 0.6 is 23.2 Å². The molecule has 2 aliphatic rings. The summed E-state index contributed by atoms with van der Waals surface area (Å²) in [5.41, 5.74) is -3.62. The molecular weight excluding hydrogens is 597 g/mol. The van der Waals surface area contributed by atoms with Gasteiger partial charge in [0.1, 0.15) is 5.82 Å². The fourth-order valence-electron chi connectivity index (χ4n) is 6.06. The number of benzene rings is 2. The van der Waals surface area contributed by atoms with Crippen LogP contribution < -0.4 is 4.90 Å². The lowest BCUT2D eigenvalue weighted by molar-refractivity contribution is -0.262. The zero-order valence-corrected chi connectivity index (χ0v) is 25.3. The third-order valence-corrected chi connectivity index (χ3v) is 9.14. The first-order chi connectivity index (χ1) is 19.5. The Morgan fingerprint density at radius 2 is 1.64 bits per heavy atom. The first-order valence-electron chi connectivity index (χ1n) is 13.9. The lowest BCUT2D eigenvalue weighted by atomic mass is 9.71. The molecule has 0 aromatic heterocycles. The van der Waals surface area contributed by atoms with Crippen molar-refractivity contribution in [3.05, 3.63) is 63.4 Å². The Morgan fingerprint density at radius 3 is 2.17 bits per heavy atom. The van der Waals surface area contributed by atoms with Crippen molar-refractivity contribution < 1.29 is 32.3 Å². The number of rotatable bonds is 6. The van der Waals surface area contributed by atoms with Gasteiger partial charge in [-0.25, -0.2) is 4.39 Å². The quantitative estimate of drug-likeness (QED) is 0.369. The number of aliphatic hydroxyl groups is 1. The molecular formula is C30H35Cl2F4N3O3. The normalized spacial score (nSPS) is 19.4. The van der Waals surface area contributed by atoms with Crippen LogP contribution in [0.5, 0.6) is 0 Å². The highest BCUT2D eigenvalue weighted by Crippen LogP contribution is 2.45. The van der Waals surface area contributed by atoms with E-state index in [0.717, 1.165) is 55.1 Å². The minimum Gasteiger partial charge on any atom is -0.371 e. The van der Waals surface area contributed by atoms with Crippen LogP contribution in [0.25, 0.3) is 0 Å². The van der Waals surface area contributed by atoms with Crippen LogP contribution in [0.1, 0.15) is 54.9 Å². The maximum absolute atomic E-state index is 14.1. The Hall–Kier alpha value is -2.56. The van der Waals surface area contributed by atoms with Crippen LogP contribution in [0.2, 0.25) is 10.0 Å². The molecule has 2 aromatic rings.